The van der Waals surface area contributed by atoms with Crippen molar-refractivity contribution in [3.63, 3.8) is 0 Å². The summed E-state index contributed by atoms with van der Waals surface area (Å²) >= 11 is 0. The average Bonchev–Trinajstić information content (AvgIpc) is 3.20. The van der Waals surface area contributed by atoms with Crippen LogP contribution < -0.4 is 4.90 Å². The molecule has 8 nitrogen and oxygen atoms in total. The molecule has 2 atom stereocenters. The molecule has 0 bridgehead atoms. The number of hydrogen-bond acceptors (Lipinski definition) is 4. The van der Waals surface area contributed by atoms with Crippen LogP contribution in [0, 0.1) is 17.8 Å². The number of likely N-dealkylation sites (tertiary alicyclic amines) is 2. The molecular weight excluding hydrogens is 398 g/mol. The molecule has 3 saturated heterocycles. The van der Waals surface area contributed by atoms with Gasteiger partial charge in [-0.3, -0.25) is 19.2 Å². The van der Waals surface area contributed by atoms with Gasteiger partial charge in [-0.15, -0.1) is 0 Å². The number of para-hydroxylation sites is 1. The quantitative estimate of drug-likeness (QED) is 0.787. The lowest BCUT2D eigenvalue weighted by molar-refractivity contribution is -0.148. The van der Waals surface area contributed by atoms with Crippen molar-refractivity contribution in [3.05, 3.63) is 30.3 Å². The molecule has 1 aromatic carbocycles. The van der Waals surface area contributed by atoms with Gasteiger partial charge in [0.2, 0.25) is 17.7 Å². The summed E-state index contributed by atoms with van der Waals surface area (Å²) in [4.78, 5) is 54.7. The minimum absolute atomic E-state index is 0.0124. The first-order valence-corrected chi connectivity index (χ1v) is 11.1. The van der Waals surface area contributed by atoms with E-state index in [0.29, 0.717) is 51.9 Å². The monoisotopic (exact) mass is 427 g/mol. The molecule has 3 aliphatic rings. The smallest absolute Gasteiger partial charge is 0.308 e. The Morgan fingerprint density at radius 3 is 2.16 bits per heavy atom. The molecule has 4 rings (SSSR count). The summed E-state index contributed by atoms with van der Waals surface area (Å²) in [6.45, 7) is 2.29. The van der Waals surface area contributed by atoms with Gasteiger partial charge in [-0.2, -0.15) is 0 Å². The van der Waals surface area contributed by atoms with Gasteiger partial charge in [-0.25, -0.2) is 0 Å². The molecule has 0 aromatic heterocycles. The maximum Gasteiger partial charge on any atom is 0.308 e. The van der Waals surface area contributed by atoms with Crippen LogP contribution in [0.5, 0.6) is 0 Å². The molecule has 8 heteroatoms. The molecule has 166 valence electrons. The fourth-order valence-electron chi connectivity index (χ4n) is 4.97. The van der Waals surface area contributed by atoms with Crippen molar-refractivity contribution in [1.29, 1.82) is 0 Å². The van der Waals surface area contributed by atoms with E-state index in [0.717, 1.165) is 5.69 Å². The number of anilines is 1. The number of aliphatic carboxylic acids is 1. The number of nitrogens with zero attached hydrogens (tertiary/aromatic N) is 3. The Labute approximate surface area is 181 Å². The van der Waals surface area contributed by atoms with Crippen molar-refractivity contribution in [2.75, 3.05) is 37.6 Å². The normalized spacial score (nSPS) is 25.0. The van der Waals surface area contributed by atoms with Crippen LogP contribution in [-0.4, -0.2) is 71.3 Å². The third-order valence-electron chi connectivity index (χ3n) is 6.78. The largest absolute Gasteiger partial charge is 0.481 e. The van der Waals surface area contributed by atoms with Gasteiger partial charge in [0.15, 0.2) is 0 Å². The van der Waals surface area contributed by atoms with Gasteiger partial charge in [0, 0.05) is 50.7 Å². The minimum Gasteiger partial charge on any atom is -0.481 e. The number of benzene rings is 1. The van der Waals surface area contributed by atoms with E-state index in [-0.39, 0.29) is 42.5 Å². The van der Waals surface area contributed by atoms with E-state index in [4.69, 9.17) is 0 Å². The van der Waals surface area contributed by atoms with Crippen LogP contribution in [0.2, 0.25) is 0 Å². The van der Waals surface area contributed by atoms with Crippen LogP contribution in [0.15, 0.2) is 30.3 Å². The molecule has 31 heavy (non-hydrogen) atoms. The second-order valence-electron chi connectivity index (χ2n) is 8.80. The van der Waals surface area contributed by atoms with Crippen molar-refractivity contribution >= 4 is 29.4 Å². The summed E-state index contributed by atoms with van der Waals surface area (Å²) in [6.07, 6.45) is 2.72. The highest BCUT2D eigenvalue weighted by Gasteiger charge is 2.39. The number of rotatable bonds is 4. The Kier molecular flexibility index (Phi) is 6.25. The van der Waals surface area contributed by atoms with E-state index in [1.165, 1.54) is 0 Å². The van der Waals surface area contributed by atoms with E-state index in [9.17, 15) is 24.3 Å². The molecule has 3 amide bonds. The average molecular weight is 428 g/mol. The first-order valence-electron chi connectivity index (χ1n) is 11.1. The van der Waals surface area contributed by atoms with E-state index >= 15 is 0 Å². The lowest BCUT2D eigenvalue weighted by Gasteiger charge is -2.37. The van der Waals surface area contributed by atoms with Gasteiger partial charge < -0.3 is 19.8 Å². The summed E-state index contributed by atoms with van der Waals surface area (Å²) in [5, 5.41) is 9.25. The molecule has 0 aliphatic carbocycles. The SMILES string of the molecule is O=C(O)C1CCCN(C(=O)C2CCN(C(=O)C3CC(=O)N(c4ccccc4)C3)CC2)C1. The van der Waals surface area contributed by atoms with Gasteiger partial charge in [0.05, 0.1) is 11.8 Å². The van der Waals surface area contributed by atoms with Gasteiger partial charge in [0.1, 0.15) is 0 Å². The van der Waals surface area contributed by atoms with Gasteiger partial charge in [-0.05, 0) is 37.8 Å². The van der Waals surface area contributed by atoms with Crippen LogP contribution >= 0.6 is 0 Å². The summed E-state index contributed by atoms with van der Waals surface area (Å²) < 4.78 is 0. The standard InChI is InChI=1S/C23H29N3O5/c27-20-13-18(15-26(20)19-6-2-1-3-7-19)22(29)24-11-8-16(9-12-24)21(28)25-10-4-5-17(14-25)23(30)31/h1-3,6-7,16-18H,4-5,8-15H2,(H,30,31). The van der Waals surface area contributed by atoms with E-state index in [2.05, 4.69) is 0 Å². The van der Waals surface area contributed by atoms with E-state index < -0.39 is 11.9 Å². The van der Waals surface area contributed by atoms with Gasteiger partial charge in [-0.1, -0.05) is 18.2 Å². The molecule has 1 N–H and O–H groups in total. The van der Waals surface area contributed by atoms with E-state index in [1.54, 1.807) is 14.7 Å². The fraction of sp³-hybridized carbons (Fsp3) is 0.565. The minimum atomic E-state index is -0.839. The van der Waals surface area contributed by atoms with Gasteiger partial charge >= 0.3 is 5.97 Å². The highest BCUT2D eigenvalue weighted by molar-refractivity contribution is 6.00. The third kappa shape index (κ3) is 4.57. The number of piperidine rings is 2. The number of carboxylic acids is 1. The summed E-state index contributed by atoms with van der Waals surface area (Å²) in [5.41, 5.74) is 0.813. The molecule has 0 spiro atoms. The van der Waals surface area contributed by atoms with E-state index in [1.807, 2.05) is 30.3 Å². The molecule has 0 saturated carbocycles. The number of carbonyl (C=O) groups excluding carboxylic acids is 3. The Balaban J connectivity index is 1.30. The fourth-order valence-corrected chi connectivity index (χ4v) is 4.97. The van der Waals surface area contributed by atoms with Crippen LogP contribution in [0.25, 0.3) is 0 Å². The highest BCUT2D eigenvalue weighted by atomic mass is 16.4. The van der Waals surface area contributed by atoms with Crippen molar-refractivity contribution in [3.8, 4) is 0 Å². The van der Waals surface area contributed by atoms with Crippen LogP contribution in [-0.2, 0) is 19.2 Å². The second-order valence-corrected chi connectivity index (χ2v) is 8.80. The van der Waals surface area contributed by atoms with Crippen molar-refractivity contribution in [2.24, 2.45) is 17.8 Å². The molecule has 0 radical (unpaired) electrons. The van der Waals surface area contributed by atoms with Crippen molar-refractivity contribution in [1.82, 2.24) is 9.80 Å². The zero-order valence-electron chi connectivity index (χ0n) is 17.6. The van der Waals surface area contributed by atoms with Crippen molar-refractivity contribution < 1.29 is 24.3 Å². The number of hydrogen-bond donors (Lipinski definition) is 1. The van der Waals surface area contributed by atoms with Gasteiger partial charge in [0.25, 0.3) is 0 Å². The van der Waals surface area contributed by atoms with Crippen LogP contribution in [0.4, 0.5) is 5.69 Å². The van der Waals surface area contributed by atoms with Crippen LogP contribution in [0.3, 0.4) is 0 Å². The summed E-state index contributed by atoms with van der Waals surface area (Å²) in [7, 11) is 0. The topological polar surface area (TPSA) is 98.2 Å². The Morgan fingerprint density at radius 1 is 0.806 bits per heavy atom. The molecular formula is C23H29N3O5. The zero-order chi connectivity index (χ0) is 22.0. The predicted octanol–water partition coefficient (Wildman–Crippen LogP) is 1.60. The van der Waals surface area contributed by atoms with Crippen molar-refractivity contribution in [2.45, 2.75) is 32.1 Å². The number of carboxylic acid groups (broad SMARTS) is 1. The first kappa shape index (κ1) is 21.3. The first-order chi connectivity index (χ1) is 14.9. The number of carbonyl (C=O) groups is 4. The zero-order valence-corrected chi connectivity index (χ0v) is 17.6. The summed E-state index contributed by atoms with van der Waals surface area (Å²) in [6, 6.07) is 9.39. The maximum absolute atomic E-state index is 13.0. The molecule has 3 heterocycles. The molecule has 1 aromatic rings. The molecule has 3 fully saturated rings. The third-order valence-corrected chi connectivity index (χ3v) is 6.78. The number of amides is 3. The van der Waals surface area contributed by atoms with Crippen LogP contribution in [0.1, 0.15) is 32.1 Å². The Bertz CT molecular complexity index is 850. The maximum atomic E-state index is 13.0. The Hall–Kier alpha value is -2.90. The Morgan fingerprint density at radius 2 is 1.48 bits per heavy atom. The predicted molar refractivity (Wildman–Crippen MR) is 113 cm³/mol. The lowest BCUT2D eigenvalue weighted by atomic mass is 9.91. The summed E-state index contributed by atoms with van der Waals surface area (Å²) in [5.74, 6) is -1.86. The highest BCUT2D eigenvalue weighted by Crippen LogP contribution is 2.29. The molecule has 2 unspecified atom stereocenters. The molecule has 3 aliphatic heterocycles. The second kappa shape index (κ2) is 9.08. The lowest BCUT2D eigenvalue weighted by Crippen LogP contribution is -2.49.